The first-order valence-electron chi connectivity index (χ1n) is 3.68. The second kappa shape index (κ2) is 2.62. The minimum atomic E-state index is 0.127. The van der Waals surface area contributed by atoms with Crippen molar-refractivity contribution in [3.63, 3.8) is 0 Å². The third-order valence-corrected chi connectivity index (χ3v) is 2.55. The average Bonchev–Trinajstić information content (AvgIpc) is 1.61. The van der Waals surface area contributed by atoms with Crippen molar-refractivity contribution in [3.05, 3.63) is 0 Å². The minimum absolute atomic E-state index is 0.127. The Labute approximate surface area is 64.1 Å². The molecule has 0 aliphatic rings. The van der Waals surface area contributed by atoms with Crippen molar-refractivity contribution in [2.24, 2.45) is 10.8 Å². The van der Waals surface area contributed by atoms with Gasteiger partial charge in [-0.1, -0.05) is 34.6 Å². The molecule has 0 spiro atoms. The topological polar surface area (TPSA) is 23.8 Å². The van der Waals surface area contributed by atoms with Crippen LogP contribution in [0.3, 0.4) is 0 Å². The van der Waals surface area contributed by atoms with Crippen molar-refractivity contribution < 1.29 is 0 Å². The fraction of sp³-hybridized carbons (Fsp3) is 0.889. The molecular formula is C9H17N. The predicted octanol–water partition coefficient (Wildman–Crippen LogP) is 2.97. The molecular weight excluding hydrogens is 122 g/mol. The van der Waals surface area contributed by atoms with Gasteiger partial charge in [-0.25, -0.2) is 0 Å². The van der Waals surface area contributed by atoms with Crippen LogP contribution in [0.4, 0.5) is 0 Å². The van der Waals surface area contributed by atoms with Gasteiger partial charge in [0.15, 0.2) is 0 Å². The third-order valence-electron chi connectivity index (χ3n) is 2.55. The maximum Gasteiger partial charge on any atom is 0.0627 e. The van der Waals surface area contributed by atoms with E-state index in [1.54, 1.807) is 0 Å². The highest BCUT2D eigenvalue weighted by atomic mass is 14.4. The van der Waals surface area contributed by atoms with Gasteiger partial charge < -0.3 is 0 Å². The highest BCUT2D eigenvalue weighted by Crippen LogP contribution is 2.40. The van der Waals surface area contributed by atoms with Crippen molar-refractivity contribution in [2.75, 3.05) is 0 Å². The summed E-state index contributed by atoms with van der Waals surface area (Å²) in [6.07, 6.45) is 0.635. The molecule has 0 unspecified atom stereocenters. The fourth-order valence-corrected chi connectivity index (χ4v) is 0.463. The van der Waals surface area contributed by atoms with Crippen LogP contribution in [0.25, 0.3) is 0 Å². The van der Waals surface area contributed by atoms with Crippen LogP contribution < -0.4 is 0 Å². The maximum atomic E-state index is 8.52. The van der Waals surface area contributed by atoms with E-state index in [-0.39, 0.29) is 10.8 Å². The van der Waals surface area contributed by atoms with E-state index in [1.807, 2.05) is 0 Å². The van der Waals surface area contributed by atoms with Gasteiger partial charge in [0.05, 0.1) is 6.07 Å². The number of rotatable bonds is 1. The van der Waals surface area contributed by atoms with E-state index >= 15 is 0 Å². The van der Waals surface area contributed by atoms with E-state index in [0.29, 0.717) is 6.42 Å². The van der Waals surface area contributed by atoms with Gasteiger partial charge in [-0.3, -0.25) is 0 Å². The smallest absolute Gasteiger partial charge is 0.0627 e. The van der Waals surface area contributed by atoms with E-state index in [1.165, 1.54) is 0 Å². The molecule has 0 rings (SSSR count). The first-order valence-corrected chi connectivity index (χ1v) is 3.68. The van der Waals surface area contributed by atoms with E-state index in [9.17, 15) is 0 Å². The van der Waals surface area contributed by atoms with Crippen LogP contribution in [0, 0.1) is 22.2 Å². The number of hydrogen-bond acceptors (Lipinski definition) is 1. The summed E-state index contributed by atoms with van der Waals surface area (Å²) in [5.74, 6) is 0. The first kappa shape index (κ1) is 9.49. The van der Waals surface area contributed by atoms with Crippen LogP contribution in [0.1, 0.15) is 41.0 Å². The average molecular weight is 139 g/mol. The van der Waals surface area contributed by atoms with Crippen molar-refractivity contribution in [1.82, 2.24) is 0 Å². The summed E-state index contributed by atoms with van der Waals surface area (Å²) in [6.45, 7) is 10.8. The Morgan fingerprint density at radius 2 is 1.50 bits per heavy atom. The normalized spacial score (nSPS) is 12.8. The lowest BCUT2D eigenvalue weighted by Gasteiger charge is -2.36. The molecule has 0 atom stereocenters. The van der Waals surface area contributed by atoms with E-state index in [4.69, 9.17) is 5.26 Å². The van der Waals surface area contributed by atoms with Gasteiger partial charge in [0.25, 0.3) is 0 Å². The maximum absolute atomic E-state index is 8.52. The molecule has 0 bridgehead atoms. The Hall–Kier alpha value is -0.510. The van der Waals surface area contributed by atoms with Crippen LogP contribution in [-0.2, 0) is 0 Å². The zero-order valence-electron chi connectivity index (χ0n) is 7.65. The monoisotopic (exact) mass is 139 g/mol. The van der Waals surface area contributed by atoms with E-state index < -0.39 is 0 Å². The summed E-state index contributed by atoms with van der Waals surface area (Å²) in [5.41, 5.74) is 0.352. The lowest BCUT2D eigenvalue weighted by atomic mass is 9.68. The zero-order chi connectivity index (χ0) is 8.41. The van der Waals surface area contributed by atoms with Crippen molar-refractivity contribution in [3.8, 4) is 6.07 Å². The van der Waals surface area contributed by atoms with Crippen molar-refractivity contribution in [1.29, 1.82) is 5.26 Å². The van der Waals surface area contributed by atoms with Crippen molar-refractivity contribution in [2.45, 2.75) is 41.0 Å². The predicted molar refractivity (Wildman–Crippen MR) is 43.5 cm³/mol. The van der Waals surface area contributed by atoms with Crippen LogP contribution in [0.5, 0.6) is 0 Å². The molecule has 0 radical (unpaired) electrons. The van der Waals surface area contributed by atoms with Gasteiger partial charge in [0.1, 0.15) is 0 Å². The molecule has 0 aromatic heterocycles. The molecule has 0 aromatic carbocycles. The molecule has 1 nitrogen and oxygen atoms in total. The summed E-state index contributed by atoms with van der Waals surface area (Å²) in [4.78, 5) is 0. The van der Waals surface area contributed by atoms with Gasteiger partial charge in [-0.2, -0.15) is 5.26 Å². The Morgan fingerprint density at radius 1 is 1.10 bits per heavy atom. The summed E-state index contributed by atoms with van der Waals surface area (Å²) in [7, 11) is 0. The molecule has 0 fully saturated rings. The second-order valence-corrected chi connectivity index (χ2v) is 4.47. The molecule has 0 aromatic rings. The first-order chi connectivity index (χ1) is 4.31. The Balaban J connectivity index is 4.28. The molecule has 0 aliphatic heterocycles. The number of hydrogen-bond donors (Lipinski definition) is 0. The quantitative estimate of drug-likeness (QED) is 0.548. The van der Waals surface area contributed by atoms with Crippen molar-refractivity contribution >= 4 is 0 Å². The van der Waals surface area contributed by atoms with Gasteiger partial charge in [0.2, 0.25) is 0 Å². The molecule has 10 heavy (non-hydrogen) atoms. The molecule has 0 N–H and O–H groups in total. The lowest BCUT2D eigenvalue weighted by molar-refractivity contribution is 0.138. The molecule has 0 heterocycles. The summed E-state index contributed by atoms with van der Waals surface area (Å²) in [5, 5.41) is 8.52. The minimum Gasteiger partial charge on any atom is -0.198 e. The summed E-state index contributed by atoms with van der Waals surface area (Å²) < 4.78 is 0. The van der Waals surface area contributed by atoms with Gasteiger partial charge in [-0.05, 0) is 10.8 Å². The number of nitrogens with zero attached hydrogens (tertiary/aromatic N) is 1. The van der Waals surface area contributed by atoms with Crippen LogP contribution in [-0.4, -0.2) is 0 Å². The third kappa shape index (κ3) is 2.02. The van der Waals surface area contributed by atoms with Gasteiger partial charge in [-0.15, -0.1) is 0 Å². The number of nitriles is 1. The van der Waals surface area contributed by atoms with Crippen LogP contribution in [0.15, 0.2) is 0 Å². The Kier molecular flexibility index (Phi) is 2.48. The zero-order valence-corrected chi connectivity index (χ0v) is 7.65. The molecule has 0 aliphatic carbocycles. The second-order valence-electron chi connectivity index (χ2n) is 4.47. The molecule has 58 valence electrons. The molecule has 0 saturated heterocycles. The molecule has 0 saturated carbocycles. The van der Waals surface area contributed by atoms with E-state index in [2.05, 4.69) is 40.7 Å². The SMILES string of the molecule is CC(C)(C)C(C)(C)CC#N. The lowest BCUT2D eigenvalue weighted by Crippen LogP contribution is -2.28. The van der Waals surface area contributed by atoms with Crippen LogP contribution in [0.2, 0.25) is 0 Å². The van der Waals surface area contributed by atoms with Gasteiger partial charge in [0, 0.05) is 6.42 Å². The summed E-state index contributed by atoms with van der Waals surface area (Å²) in [6, 6.07) is 2.21. The van der Waals surface area contributed by atoms with Gasteiger partial charge >= 0.3 is 0 Å². The van der Waals surface area contributed by atoms with Crippen LogP contribution >= 0.6 is 0 Å². The van der Waals surface area contributed by atoms with E-state index in [0.717, 1.165) is 0 Å². The molecule has 0 amide bonds. The highest BCUT2D eigenvalue weighted by molar-refractivity contribution is 4.89. The Bertz CT molecular complexity index is 143. The standard InChI is InChI=1S/C9H17N/c1-8(2,3)9(4,5)6-7-10/h6H2,1-5H3. The largest absolute Gasteiger partial charge is 0.198 e. The fourth-order valence-electron chi connectivity index (χ4n) is 0.463. The molecule has 1 heteroatoms. The highest BCUT2D eigenvalue weighted by Gasteiger charge is 2.32. The Morgan fingerprint density at radius 3 is 1.60 bits per heavy atom. The summed E-state index contributed by atoms with van der Waals surface area (Å²) >= 11 is 0.